The molecule has 0 N–H and O–H groups in total. The Kier molecular flexibility index (Phi) is 2.68. The maximum Gasteiger partial charge on any atom is 0.369 e. The van der Waals surface area contributed by atoms with Crippen LogP contribution in [0.15, 0.2) is 54.6 Å². The van der Waals surface area contributed by atoms with Gasteiger partial charge in [0.05, 0.1) is 0 Å². The van der Waals surface area contributed by atoms with Crippen LogP contribution in [0.2, 0.25) is 0 Å². The molecule has 0 radical (unpaired) electrons. The van der Waals surface area contributed by atoms with Crippen LogP contribution in [0.4, 0.5) is 4.79 Å². The number of hydrogen-bond donors (Lipinski definition) is 1. The van der Waals surface area contributed by atoms with Crippen LogP contribution in [0, 0.1) is 0 Å². The minimum atomic E-state index is -0.601. The van der Waals surface area contributed by atoms with Crippen LogP contribution in [-0.4, -0.2) is 5.30 Å². The average Bonchev–Trinajstić information content (AvgIpc) is 2.38. The summed E-state index contributed by atoms with van der Waals surface area (Å²) in [5, 5.41) is 3.70. The quantitative estimate of drug-likeness (QED) is 0.395. The van der Waals surface area contributed by atoms with Crippen molar-refractivity contribution in [3.05, 3.63) is 54.6 Å². The predicted octanol–water partition coefficient (Wildman–Crippen LogP) is 4.42. The van der Waals surface area contributed by atoms with E-state index >= 15 is 0 Å². The lowest BCUT2D eigenvalue weighted by molar-refractivity contribution is 0.228. The fourth-order valence-corrected chi connectivity index (χ4v) is 2.29. The Labute approximate surface area is 110 Å². The van der Waals surface area contributed by atoms with Crippen molar-refractivity contribution in [1.29, 1.82) is 0 Å². The zero-order valence-corrected chi connectivity index (χ0v) is 10.4. The van der Waals surface area contributed by atoms with Gasteiger partial charge in [0.25, 0.3) is 0 Å². The highest BCUT2D eigenvalue weighted by Crippen LogP contribution is 2.31. The molecule has 3 heteroatoms. The van der Waals surface area contributed by atoms with Gasteiger partial charge in [0.2, 0.25) is 0 Å². The third kappa shape index (κ3) is 1.83. The van der Waals surface area contributed by atoms with Crippen LogP contribution >= 0.6 is 12.6 Å². The average molecular weight is 254 g/mol. The van der Waals surface area contributed by atoms with E-state index in [1.54, 1.807) is 6.07 Å². The first-order chi connectivity index (χ1) is 8.75. The molecule has 3 aromatic rings. The minimum absolute atomic E-state index is 0.540. The van der Waals surface area contributed by atoms with Crippen molar-refractivity contribution < 1.29 is 9.53 Å². The van der Waals surface area contributed by atoms with E-state index in [1.165, 1.54) is 5.39 Å². The van der Waals surface area contributed by atoms with Crippen LogP contribution in [0.5, 0.6) is 5.75 Å². The third-order valence-electron chi connectivity index (χ3n) is 2.94. The summed E-state index contributed by atoms with van der Waals surface area (Å²) >= 11 is 3.65. The molecule has 0 saturated heterocycles. The smallest absolute Gasteiger partial charge is 0.369 e. The van der Waals surface area contributed by atoms with Crippen LogP contribution in [0.25, 0.3) is 21.5 Å². The monoisotopic (exact) mass is 254 g/mol. The Morgan fingerprint density at radius 1 is 0.833 bits per heavy atom. The molecule has 2 nitrogen and oxygen atoms in total. The van der Waals surface area contributed by atoms with Crippen molar-refractivity contribution >= 4 is 39.5 Å². The van der Waals surface area contributed by atoms with Gasteiger partial charge in [0.1, 0.15) is 5.75 Å². The molecule has 0 saturated carbocycles. The van der Waals surface area contributed by atoms with E-state index in [2.05, 4.69) is 24.8 Å². The van der Waals surface area contributed by atoms with Crippen molar-refractivity contribution in [2.75, 3.05) is 0 Å². The predicted molar refractivity (Wildman–Crippen MR) is 76.5 cm³/mol. The van der Waals surface area contributed by atoms with E-state index in [-0.39, 0.29) is 0 Å². The van der Waals surface area contributed by atoms with Gasteiger partial charge in [-0.25, -0.2) is 4.79 Å². The molecule has 0 aliphatic carbocycles. The maximum absolute atomic E-state index is 11.0. The summed E-state index contributed by atoms with van der Waals surface area (Å²) in [5.41, 5.74) is 0. The Morgan fingerprint density at radius 3 is 2.44 bits per heavy atom. The molecule has 0 aromatic heterocycles. The molecule has 0 heterocycles. The molecule has 0 aliphatic heterocycles. The summed E-state index contributed by atoms with van der Waals surface area (Å²) < 4.78 is 5.10. The van der Waals surface area contributed by atoms with Gasteiger partial charge in [0.15, 0.2) is 0 Å². The number of benzene rings is 3. The highest BCUT2D eigenvalue weighted by atomic mass is 32.1. The van der Waals surface area contributed by atoms with Gasteiger partial charge < -0.3 is 4.74 Å². The molecule has 3 rings (SSSR count). The third-order valence-corrected chi connectivity index (χ3v) is 3.04. The van der Waals surface area contributed by atoms with E-state index in [0.29, 0.717) is 5.75 Å². The van der Waals surface area contributed by atoms with E-state index in [9.17, 15) is 4.79 Å². The Morgan fingerprint density at radius 2 is 1.61 bits per heavy atom. The van der Waals surface area contributed by atoms with Gasteiger partial charge in [-0.2, -0.15) is 0 Å². The van der Waals surface area contributed by atoms with E-state index < -0.39 is 5.30 Å². The lowest BCUT2D eigenvalue weighted by Crippen LogP contribution is -1.96. The molecule has 0 unspecified atom stereocenters. The molecule has 0 bridgehead atoms. The minimum Gasteiger partial charge on any atom is -0.418 e. The van der Waals surface area contributed by atoms with Crippen molar-refractivity contribution in [1.82, 2.24) is 0 Å². The second-order valence-electron chi connectivity index (χ2n) is 4.01. The second kappa shape index (κ2) is 4.35. The van der Waals surface area contributed by atoms with Gasteiger partial charge in [-0.05, 0) is 28.3 Å². The number of hydrogen-bond acceptors (Lipinski definition) is 2. The molecule has 0 atom stereocenters. The number of carbonyl (C=O) groups is 1. The van der Waals surface area contributed by atoms with Crippen molar-refractivity contribution in [2.45, 2.75) is 0 Å². The van der Waals surface area contributed by atoms with Gasteiger partial charge in [-0.1, -0.05) is 55.1 Å². The second-order valence-corrected chi connectivity index (χ2v) is 4.37. The SMILES string of the molecule is O=C(S)Oc1cccc2c1ccc1ccccc12. The summed E-state index contributed by atoms with van der Waals surface area (Å²) in [4.78, 5) is 11.0. The topological polar surface area (TPSA) is 26.3 Å². The molecule has 3 aromatic carbocycles. The fourth-order valence-electron chi connectivity index (χ4n) is 2.19. The van der Waals surface area contributed by atoms with Crippen LogP contribution < -0.4 is 4.74 Å². The molecule has 0 fully saturated rings. The first-order valence-corrected chi connectivity index (χ1v) is 6.02. The summed E-state index contributed by atoms with van der Waals surface area (Å²) in [6.07, 6.45) is 0. The Balaban J connectivity index is 2.36. The van der Waals surface area contributed by atoms with Gasteiger partial charge in [-0.3, -0.25) is 0 Å². The number of thiol groups is 1. The molecule has 18 heavy (non-hydrogen) atoms. The maximum atomic E-state index is 11.0. The molecule has 0 aliphatic rings. The summed E-state index contributed by atoms with van der Waals surface area (Å²) in [6, 6.07) is 17.8. The summed E-state index contributed by atoms with van der Waals surface area (Å²) in [5.74, 6) is 0.540. The fraction of sp³-hybridized carbons (Fsp3) is 0. The number of carbonyl (C=O) groups excluding carboxylic acids is 1. The normalized spacial score (nSPS) is 10.7. The molecule has 0 amide bonds. The van der Waals surface area contributed by atoms with Crippen molar-refractivity contribution in [2.24, 2.45) is 0 Å². The number of rotatable bonds is 1. The highest BCUT2D eigenvalue weighted by Gasteiger charge is 2.07. The van der Waals surface area contributed by atoms with E-state index in [1.807, 2.05) is 36.4 Å². The first-order valence-electron chi connectivity index (χ1n) is 5.57. The Hall–Kier alpha value is -2.00. The van der Waals surface area contributed by atoms with Crippen molar-refractivity contribution in [3.8, 4) is 5.75 Å². The lowest BCUT2D eigenvalue weighted by Gasteiger charge is -2.08. The zero-order valence-electron chi connectivity index (χ0n) is 9.46. The van der Waals surface area contributed by atoms with E-state index in [0.717, 1.165) is 16.2 Å². The van der Waals surface area contributed by atoms with Gasteiger partial charge in [-0.15, -0.1) is 0 Å². The molecular weight excluding hydrogens is 244 g/mol. The zero-order chi connectivity index (χ0) is 12.5. The van der Waals surface area contributed by atoms with Gasteiger partial charge in [0, 0.05) is 5.39 Å². The van der Waals surface area contributed by atoms with E-state index in [4.69, 9.17) is 4.74 Å². The lowest BCUT2D eigenvalue weighted by atomic mass is 10.0. The summed E-state index contributed by atoms with van der Waals surface area (Å²) in [7, 11) is 0. The number of fused-ring (bicyclic) bond motifs is 3. The standard InChI is InChI=1S/C15H10O2S/c16-15(18)17-14-7-3-6-12-11-5-2-1-4-10(11)8-9-13(12)14/h1-9H,(H,16,18). The van der Waals surface area contributed by atoms with Crippen LogP contribution in [0.3, 0.4) is 0 Å². The molecule has 0 spiro atoms. The molecular formula is C15H10O2S. The summed E-state index contributed by atoms with van der Waals surface area (Å²) in [6.45, 7) is 0. The molecule has 88 valence electrons. The highest BCUT2D eigenvalue weighted by molar-refractivity contribution is 7.96. The number of ether oxygens (including phenoxy) is 1. The van der Waals surface area contributed by atoms with Crippen LogP contribution in [-0.2, 0) is 0 Å². The van der Waals surface area contributed by atoms with Gasteiger partial charge >= 0.3 is 5.30 Å². The Bertz CT molecular complexity index is 750. The van der Waals surface area contributed by atoms with Crippen molar-refractivity contribution in [3.63, 3.8) is 0 Å². The first kappa shape index (κ1) is 11.1. The largest absolute Gasteiger partial charge is 0.418 e. The van der Waals surface area contributed by atoms with Crippen LogP contribution in [0.1, 0.15) is 0 Å².